The molecule has 1 aromatic carbocycles. The van der Waals surface area contributed by atoms with E-state index in [4.69, 9.17) is 11.5 Å². The lowest BCUT2D eigenvalue weighted by Gasteiger charge is -2.10. The summed E-state index contributed by atoms with van der Waals surface area (Å²) in [6, 6.07) is 8.93. The first-order valence-corrected chi connectivity index (χ1v) is 5.99. The number of nitrogens with one attached hydrogen (secondary N) is 1. The first-order valence-electron chi connectivity index (χ1n) is 5.99. The number of hydrogen-bond acceptors (Lipinski definition) is 4. The Balaban J connectivity index is 1.95. The van der Waals surface area contributed by atoms with Gasteiger partial charge in [-0.1, -0.05) is 6.07 Å². The van der Waals surface area contributed by atoms with Gasteiger partial charge in [0.2, 0.25) is 5.91 Å². The normalized spacial score (nSPS) is 10.1. The van der Waals surface area contributed by atoms with Gasteiger partial charge in [-0.25, -0.2) is 0 Å². The topological polar surface area (TPSA) is 94.0 Å². The maximum atomic E-state index is 11.0. The Hall–Kier alpha value is -2.56. The highest BCUT2D eigenvalue weighted by Crippen LogP contribution is 2.19. The van der Waals surface area contributed by atoms with E-state index in [0.717, 1.165) is 24.2 Å². The van der Waals surface area contributed by atoms with E-state index in [2.05, 4.69) is 10.3 Å². The van der Waals surface area contributed by atoms with Crippen LogP contribution in [0.15, 0.2) is 42.7 Å². The molecule has 0 atom stereocenters. The summed E-state index contributed by atoms with van der Waals surface area (Å²) in [4.78, 5) is 15.1. The number of amides is 1. The van der Waals surface area contributed by atoms with Crippen molar-refractivity contribution in [3.63, 3.8) is 0 Å². The van der Waals surface area contributed by atoms with E-state index in [9.17, 15) is 4.79 Å². The van der Waals surface area contributed by atoms with E-state index >= 15 is 0 Å². The standard InChI is InChI=1S/C14H16N4O/c15-12-8-11(14(16)19)3-4-13(12)18-7-5-10-2-1-6-17-9-10/h1-4,6,8-9,18H,5,7,15H2,(H2,16,19). The van der Waals surface area contributed by atoms with E-state index in [1.807, 2.05) is 18.3 Å². The van der Waals surface area contributed by atoms with Gasteiger partial charge in [0.1, 0.15) is 0 Å². The largest absolute Gasteiger partial charge is 0.397 e. The number of primary amides is 1. The number of carbonyl (C=O) groups excluding carboxylic acids is 1. The fraction of sp³-hybridized carbons (Fsp3) is 0.143. The smallest absolute Gasteiger partial charge is 0.248 e. The molecule has 0 spiro atoms. The van der Waals surface area contributed by atoms with Gasteiger partial charge in [-0.2, -0.15) is 0 Å². The van der Waals surface area contributed by atoms with Crippen LogP contribution in [0.1, 0.15) is 15.9 Å². The van der Waals surface area contributed by atoms with Gasteiger partial charge < -0.3 is 16.8 Å². The van der Waals surface area contributed by atoms with Gasteiger partial charge in [0.15, 0.2) is 0 Å². The van der Waals surface area contributed by atoms with Crippen LogP contribution >= 0.6 is 0 Å². The zero-order valence-electron chi connectivity index (χ0n) is 10.5. The molecule has 5 heteroatoms. The van der Waals surface area contributed by atoms with Crippen molar-refractivity contribution in [1.82, 2.24) is 4.98 Å². The average molecular weight is 256 g/mol. The molecule has 98 valence electrons. The van der Waals surface area contributed by atoms with E-state index in [1.165, 1.54) is 0 Å². The lowest BCUT2D eigenvalue weighted by atomic mass is 10.1. The molecule has 0 fully saturated rings. The lowest BCUT2D eigenvalue weighted by molar-refractivity contribution is 0.100. The highest BCUT2D eigenvalue weighted by molar-refractivity contribution is 5.94. The molecule has 1 aromatic heterocycles. The van der Waals surface area contributed by atoms with Gasteiger partial charge in [-0.05, 0) is 36.2 Å². The highest BCUT2D eigenvalue weighted by atomic mass is 16.1. The molecule has 0 radical (unpaired) electrons. The number of nitrogens with two attached hydrogens (primary N) is 2. The van der Waals surface area contributed by atoms with Crippen molar-refractivity contribution in [3.8, 4) is 0 Å². The van der Waals surface area contributed by atoms with Gasteiger partial charge >= 0.3 is 0 Å². The molecule has 0 saturated carbocycles. The molecule has 0 bridgehead atoms. The van der Waals surface area contributed by atoms with Crippen LogP contribution in [0.3, 0.4) is 0 Å². The number of pyridine rings is 1. The van der Waals surface area contributed by atoms with Crippen molar-refractivity contribution in [2.75, 3.05) is 17.6 Å². The first kappa shape index (κ1) is 12.9. The molecule has 19 heavy (non-hydrogen) atoms. The van der Waals surface area contributed by atoms with Crippen LogP contribution in [0.4, 0.5) is 11.4 Å². The summed E-state index contributed by atoms with van der Waals surface area (Å²) >= 11 is 0. The Bertz CT molecular complexity index is 569. The van der Waals surface area contributed by atoms with Crippen LogP contribution in [-0.2, 0) is 6.42 Å². The first-order chi connectivity index (χ1) is 9.16. The zero-order valence-corrected chi connectivity index (χ0v) is 10.5. The Morgan fingerprint density at radius 3 is 2.79 bits per heavy atom. The number of hydrogen-bond donors (Lipinski definition) is 3. The van der Waals surface area contributed by atoms with E-state index in [-0.39, 0.29) is 0 Å². The summed E-state index contributed by atoms with van der Waals surface area (Å²) in [6.07, 6.45) is 4.43. The molecule has 2 rings (SSSR count). The van der Waals surface area contributed by atoms with Crippen LogP contribution in [0.25, 0.3) is 0 Å². The van der Waals surface area contributed by atoms with E-state index in [0.29, 0.717) is 11.3 Å². The summed E-state index contributed by atoms with van der Waals surface area (Å²) < 4.78 is 0. The van der Waals surface area contributed by atoms with Crippen LogP contribution < -0.4 is 16.8 Å². The number of rotatable bonds is 5. The number of benzene rings is 1. The summed E-state index contributed by atoms with van der Waals surface area (Å²) in [7, 11) is 0. The number of nitrogens with zero attached hydrogens (tertiary/aromatic N) is 1. The molecule has 0 aliphatic rings. The maximum Gasteiger partial charge on any atom is 0.248 e. The Morgan fingerprint density at radius 1 is 1.32 bits per heavy atom. The molecule has 0 aliphatic heterocycles. The average Bonchev–Trinajstić information content (AvgIpc) is 2.41. The molecular formula is C14H16N4O. The van der Waals surface area contributed by atoms with Crippen molar-refractivity contribution in [2.45, 2.75) is 6.42 Å². The lowest BCUT2D eigenvalue weighted by Crippen LogP contribution is -2.12. The Morgan fingerprint density at radius 2 is 2.16 bits per heavy atom. The molecule has 0 unspecified atom stereocenters. The predicted octanol–water partition coefficient (Wildman–Crippen LogP) is 1.42. The monoisotopic (exact) mass is 256 g/mol. The SMILES string of the molecule is NC(=O)c1ccc(NCCc2cccnc2)c(N)c1. The summed E-state index contributed by atoms with van der Waals surface area (Å²) in [5, 5.41) is 3.22. The number of nitrogen functional groups attached to an aromatic ring is 1. The molecule has 0 aliphatic carbocycles. The second kappa shape index (κ2) is 5.86. The predicted molar refractivity (Wildman–Crippen MR) is 75.8 cm³/mol. The van der Waals surface area contributed by atoms with Crippen molar-refractivity contribution in [3.05, 3.63) is 53.9 Å². The quantitative estimate of drug-likeness (QED) is 0.705. The van der Waals surface area contributed by atoms with Crippen LogP contribution in [0, 0.1) is 0 Å². The molecule has 0 saturated heterocycles. The minimum absolute atomic E-state index is 0.412. The van der Waals surface area contributed by atoms with Gasteiger partial charge in [0, 0.05) is 24.5 Å². The molecular weight excluding hydrogens is 240 g/mol. The summed E-state index contributed by atoms with van der Waals surface area (Å²) in [6.45, 7) is 0.742. The van der Waals surface area contributed by atoms with Crippen molar-refractivity contribution in [2.24, 2.45) is 5.73 Å². The summed E-state index contributed by atoms with van der Waals surface area (Å²) in [5.74, 6) is -0.478. The second-order valence-electron chi connectivity index (χ2n) is 4.20. The molecule has 5 nitrogen and oxygen atoms in total. The fourth-order valence-corrected chi connectivity index (χ4v) is 1.76. The van der Waals surface area contributed by atoms with E-state index < -0.39 is 5.91 Å². The van der Waals surface area contributed by atoms with Gasteiger partial charge in [-0.15, -0.1) is 0 Å². The minimum atomic E-state index is -0.478. The van der Waals surface area contributed by atoms with Crippen molar-refractivity contribution < 1.29 is 4.79 Å². The molecule has 2 aromatic rings. The maximum absolute atomic E-state index is 11.0. The molecule has 5 N–H and O–H groups in total. The second-order valence-corrected chi connectivity index (χ2v) is 4.20. The zero-order chi connectivity index (χ0) is 13.7. The Labute approximate surface area is 111 Å². The highest BCUT2D eigenvalue weighted by Gasteiger charge is 2.04. The summed E-state index contributed by atoms with van der Waals surface area (Å²) in [5.41, 5.74) is 13.9. The minimum Gasteiger partial charge on any atom is -0.397 e. The number of carbonyl (C=O) groups is 1. The van der Waals surface area contributed by atoms with Gasteiger partial charge in [0.05, 0.1) is 11.4 Å². The van der Waals surface area contributed by atoms with Gasteiger partial charge in [-0.3, -0.25) is 9.78 Å². The van der Waals surface area contributed by atoms with Crippen LogP contribution in [0.5, 0.6) is 0 Å². The van der Waals surface area contributed by atoms with Crippen molar-refractivity contribution in [1.29, 1.82) is 0 Å². The Kier molecular flexibility index (Phi) is 3.97. The van der Waals surface area contributed by atoms with Gasteiger partial charge in [0.25, 0.3) is 0 Å². The van der Waals surface area contributed by atoms with E-state index in [1.54, 1.807) is 24.4 Å². The fourth-order valence-electron chi connectivity index (χ4n) is 1.76. The van der Waals surface area contributed by atoms with Crippen LogP contribution in [-0.4, -0.2) is 17.4 Å². The molecule has 1 heterocycles. The third kappa shape index (κ3) is 3.45. The molecule has 1 amide bonds. The van der Waals surface area contributed by atoms with Crippen LogP contribution in [0.2, 0.25) is 0 Å². The van der Waals surface area contributed by atoms with Crippen molar-refractivity contribution >= 4 is 17.3 Å². The number of aromatic nitrogens is 1. The number of anilines is 2. The third-order valence-electron chi connectivity index (χ3n) is 2.79. The third-order valence-corrected chi connectivity index (χ3v) is 2.79.